The Morgan fingerprint density at radius 2 is 1.82 bits per heavy atom. The van der Waals surface area contributed by atoms with Crippen molar-refractivity contribution in [3.63, 3.8) is 0 Å². The largest absolute Gasteiger partial charge is 0.301 e. The zero-order valence-electron chi connectivity index (χ0n) is 14.6. The highest BCUT2D eigenvalue weighted by atomic mass is 28.3. The highest BCUT2D eigenvalue weighted by Crippen LogP contribution is 2.36. The Hall–Kier alpha value is -1.59. The van der Waals surface area contributed by atoms with Gasteiger partial charge in [0, 0.05) is 6.42 Å². The van der Waals surface area contributed by atoms with Crippen LogP contribution in [0.2, 0.25) is 18.1 Å². The van der Waals surface area contributed by atoms with E-state index in [1.54, 1.807) is 12.2 Å². The SMILES string of the molecule is CC(C)(C)[Si](C)(C)C(=O)/C=C\C#CCCCc1ccccc1. The molecule has 1 aromatic carbocycles. The number of allylic oxidation sites excluding steroid dienone is 2. The number of benzene rings is 1. The molecule has 118 valence electrons. The molecule has 0 saturated carbocycles. The quantitative estimate of drug-likeness (QED) is 0.317. The Bertz CT molecular complexity index is 565. The zero-order valence-corrected chi connectivity index (χ0v) is 15.6. The van der Waals surface area contributed by atoms with Crippen molar-refractivity contribution < 1.29 is 4.79 Å². The van der Waals surface area contributed by atoms with Crippen LogP contribution in [-0.4, -0.2) is 13.5 Å². The van der Waals surface area contributed by atoms with E-state index < -0.39 is 8.07 Å². The predicted molar refractivity (Wildman–Crippen MR) is 98.5 cm³/mol. The molecule has 0 aliphatic heterocycles. The molecule has 2 heteroatoms. The van der Waals surface area contributed by atoms with Gasteiger partial charge in [-0.1, -0.05) is 76.0 Å². The third-order valence-corrected chi connectivity index (χ3v) is 9.67. The lowest BCUT2D eigenvalue weighted by molar-refractivity contribution is -0.108. The first-order chi connectivity index (χ1) is 10.2. The Kier molecular flexibility index (Phi) is 6.84. The fourth-order valence-corrected chi connectivity index (χ4v) is 3.09. The summed E-state index contributed by atoms with van der Waals surface area (Å²) < 4.78 is 0. The molecular weight excluding hydrogens is 284 g/mol. The van der Waals surface area contributed by atoms with Gasteiger partial charge in [-0.15, -0.1) is 0 Å². The molecule has 0 spiro atoms. The molecule has 0 aromatic heterocycles. The van der Waals surface area contributed by atoms with Crippen molar-refractivity contribution in [2.45, 2.75) is 58.2 Å². The van der Waals surface area contributed by atoms with Crippen LogP contribution in [0.15, 0.2) is 42.5 Å². The third kappa shape index (κ3) is 5.65. The average molecular weight is 313 g/mol. The predicted octanol–water partition coefficient (Wildman–Crippen LogP) is 5.19. The molecule has 0 saturated heterocycles. The normalized spacial score (nSPS) is 12.0. The van der Waals surface area contributed by atoms with E-state index in [2.05, 4.69) is 70.0 Å². The summed E-state index contributed by atoms with van der Waals surface area (Å²) in [5, 5.41) is 0.357. The summed E-state index contributed by atoms with van der Waals surface area (Å²) in [7, 11) is -1.92. The molecular formula is C20H28OSi. The Balaban J connectivity index is 2.39. The summed E-state index contributed by atoms with van der Waals surface area (Å²) >= 11 is 0. The van der Waals surface area contributed by atoms with Crippen molar-refractivity contribution in [2.24, 2.45) is 0 Å². The topological polar surface area (TPSA) is 17.1 Å². The van der Waals surface area contributed by atoms with Gasteiger partial charge in [-0.3, -0.25) is 0 Å². The summed E-state index contributed by atoms with van der Waals surface area (Å²) in [5.41, 5.74) is 1.35. The first-order valence-electron chi connectivity index (χ1n) is 7.98. The minimum absolute atomic E-state index is 0.0809. The molecule has 0 aliphatic carbocycles. The van der Waals surface area contributed by atoms with Crippen molar-refractivity contribution in [3.05, 3.63) is 48.0 Å². The molecule has 0 bridgehead atoms. The van der Waals surface area contributed by atoms with Crippen LogP contribution in [0.5, 0.6) is 0 Å². The average Bonchev–Trinajstić information content (AvgIpc) is 2.45. The number of rotatable bonds is 5. The highest BCUT2D eigenvalue weighted by molar-refractivity contribution is 7.07. The number of hydrogen-bond acceptors (Lipinski definition) is 1. The van der Waals surface area contributed by atoms with E-state index in [1.807, 2.05) is 6.07 Å². The Morgan fingerprint density at radius 1 is 1.18 bits per heavy atom. The van der Waals surface area contributed by atoms with E-state index in [-0.39, 0.29) is 10.4 Å². The van der Waals surface area contributed by atoms with Gasteiger partial charge in [-0.05, 0) is 35.6 Å². The van der Waals surface area contributed by atoms with Crippen molar-refractivity contribution in [1.29, 1.82) is 0 Å². The van der Waals surface area contributed by atoms with Crippen LogP contribution in [0.3, 0.4) is 0 Å². The Labute approximate surface area is 136 Å². The molecule has 22 heavy (non-hydrogen) atoms. The smallest absolute Gasteiger partial charge is 0.137 e. The number of unbranched alkanes of at least 4 members (excludes halogenated alkanes) is 1. The first kappa shape index (κ1) is 18.5. The van der Waals surface area contributed by atoms with Gasteiger partial charge >= 0.3 is 0 Å². The van der Waals surface area contributed by atoms with Crippen molar-refractivity contribution in [1.82, 2.24) is 0 Å². The van der Waals surface area contributed by atoms with E-state index in [4.69, 9.17) is 0 Å². The van der Waals surface area contributed by atoms with Crippen LogP contribution in [-0.2, 0) is 11.2 Å². The van der Waals surface area contributed by atoms with Gasteiger partial charge < -0.3 is 4.79 Å². The highest BCUT2D eigenvalue weighted by Gasteiger charge is 2.40. The summed E-state index contributed by atoms with van der Waals surface area (Å²) in [6.07, 6.45) is 6.39. The van der Waals surface area contributed by atoms with Crippen molar-refractivity contribution in [3.8, 4) is 11.8 Å². The molecule has 0 amide bonds. The molecule has 0 heterocycles. The van der Waals surface area contributed by atoms with Gasteiger partial charge in [0.2, 0.25) is 0 Å². The molecule has 0 radical (unpaired) electrons. The van der Waals surface area contributed by atoms with Gasteiger partial charge in [0.25, 0.3) is 0 Å². The fourth-order valence-electron chi connectivity index (χ4n) is 1.85. The second-order valence-corrected chi connectivity index (χ2v) is 12.5. The van der Waals surface area contributed by atoms with E-state index in [0.717, 1.165) is 19.3 Å². The monoisotopic (exact) mass is 312 g/mol. The lowest BCUT2D eigenvalue weighted by Gasteiger charge is -2.33. The molecule has 0 fully saturated rings. The summed E-state index contributed by atoms with van der Waals surface area (Å²) in [5.74, 6) is 6.12. The summed E-state index contributed by atoms with van der Waals surface area (Å²) in [6.45, 7) is 10.7. The van der Waals surface area contributed by atoms with E-state index >= 15 is 0 Å². The van der Waals surface area contributed by atoms with Gasteiger partial charge in [0.15, 0.2) is 0 Å². The molecule has 1 aromatic rings. The number of carbonyl (C=O) groups excluding carboxylic acids is 1. The van der Waals surface area contributed by atoms with Crippen LogP contribution in [0.4, 0.5) is 0 Å². The second kappa shape index (κ2) is 8.15. The second-order valence-electron chi connectivity index (χ2n) is 7.23. The van der Waals surface area contributed by atoms with Gasteiger partial charge in [-0.2, -0.15) is 0 Å². The van der Waals surface area contributed by atoms with Gasteiger partial charge in [-0.25, -0.2) is 0 Å². The maximum atomic E-state index is 12.3. The summed E-state index contributed by atoms with van der Waals surface area (Å²) in [6, 6.07) is 10.5. The van der Waals surface area contributed by atoms with Crippen molar-refractivity contribution in [2.75, 3.05) is 0 Å². The molecule has 1 rings (SSSR count). The van der Waals surface area contributed by atoms with Crippen LogP contribution >= 0.6 is 0 Å². The molecule has 0 atom stereocenters. The van der Waals surface area contributed by atoms with Gasteiger partial charge in [0.1, 0.15) is 13.5 Å². The van der Waals surface area contributed by atoms with Crippen molar-refractivity contribution >= 4 is 13.5 Å². The summed E-state index contributed by atoms with van der Waals surface area (Å²) in [4.78, 5) is 12.3. The molecule has 0 N–H and O–H groups in total. The number of carbonyl (C=O) groups is 1. The zero-order chi connectivity index (χ0) is 16.6. The van der Waals surface area contributed by atoms with E-state index in [0.29, 0.717) is 0 Å². The molecule has 1 nitrogen and oxygen atoms in total. The lowest BCUT2D eigenvalue weighted by atomic mass is 10.1. The minimum Gasteiger partial charge on any atom is -0.301 e. The maximum absolute atomic E-state index is 12.3. The van der Waals surface area contributed by atoms with Crippen LogP contribution in [0.1, 0.15) is 39.2 Å². The molecule has 0 aliphatic rings. The van der Waals surface area contributed by atoms with Gasteiger partial charge in [0.05, 0.1) is 0 Å². The first-order valence-corrected chi connectivity index (χ1v) is 11.0. The van der Waals surface area contributed by atoms with Crippen LogP contribution in [0.25, 0.3) is 0 Å². The van der Waals surface area contributed by atoms with Crippen LogP contribution in [0, 0.1) is 11.8 Å². The minimum atomic E-state index is -1.92. The lowest BCUT2D eigenvalue weighted by Crippen LogP contribution is -2.45. The number of aryl methyl sites for hydroxylation is 1. The van der Waals surface area contributed by atoms with E-state index in [9.17, 15) is 4.79 Å². The Morgan fingerprint density at radius 3 is 2.41 bits per heavy atom. The van der Waals surface area contributed by atoms with E-state index in [1.165, 1.54) is 5.56 Å². The maximum Gasteiger partial charge on any atom is 0.137 e. The molecule has 0 unspecified atom stereocenters. The number of hydrogen-bond donors (Lipinski definition) is 0. The standard InChI is InChI=1S/C20H28OSi/c1-20(2,3)22(4,5)19(21)17-13-8-6-7-10-14-18-15-11-9-12-16-18/h9,11-13,15-17H,7,10,14H2,1-5H3/b17-13-. The fraction of sp³-hybridized carbons (Fsp3) is 0.450. The third-order valence-electron chi connectivity index (χ3n) is 4.52. The van der Waals surface area contributed by atoms with Crippen LogP contribution < -0.4 is 0 Å².